The monoisotopic (exact) mass is 359 g/mol. The van der Waals surface area contributed by atoms with Crippen LogP contribution >= 0.6 is 0 Å². The summed E-state index contributed by atoms with van der Waals surface area (Å²) in [4.78, 5) is 6.90. The highest BCUT2D eigenvalue weighted by Gasteiger charge is 2.40. The third-order valence-electron chi connectivity index (χ3n) is 5.99. The van der Waals surface area contributed by atoms with Crippen LogP contribution in [0, 0.1) is 5.41 Å². The molecule has 5 rings (SSSR count). The van der Waals surface area contributed by atoms with E-state index in [2.05, 4.69) is 51.7 Å². The molecule has 1 atom stereocenters. The summed E-state index contributed by atoms with van der Waals surface area (Å²) in [6.07, 6.45) is 8.52. The zero-order valence-corrected chi connectivity index (χ0v) is 15.5. The Bertz CT molecular complexity index is 897. The van der Waals surface area contributed by atoms with Crippen LogP contribution in [0.1, 0.15) is 18.4 Å². The zero-order chi connectivity index (χ0) is 18.1. The smallest absolute Gasteiger partial charge is 0.0988 e. The van der Waals surface area contributed by atoms with Crippen molar-refractivity contribution in [2.45, 2.75) is 19.4 Å². The first-order chi connectivity index (χ1) is 13.3. The molecule has 2 aromatic heterocycles. The van der Waals surface area contributed by atoms with Crippen LogP contribution in [0.15, 0.2) is 61.1 Å². The molecule has 0 radical (unpaired) electrons. The second-order valence-corrected chi connectivity index (χ2v) is 7.91. The molecule has 1 N–H and O–H groups in total. The van der Waals surface area contributed by atoms with Crippen molar-refractivity contribution in [2.75, 3.05) is 26.2 Å². The maximum absolute atomic E-state index is 4.92. The predicted octanol–water partition coefficient (Wildman–Crippen LogP) is 3.12. The molecule has 2 saturated heterocycles. The highest BCUT2D eigenvalue weighted by atomic mass is 15.3. The van der Waals surface area contributed by atoms with Gasteiger partial charge in [-0.05, 0) is 55.6 Å². The molecule has 0 amide bonds. The summed E-state index contributed by atoms with van der Waals surface area (Å²) in [5.74, 6) is 0. The van der Waals surface area contributed by atoms with Crippen molar-refractivity contribution >= 4 is 0 Å². The number of hydrogen-bond acceptors (Lipinski definition) is 4. The Kier molecular flexibility index (Phi) is 4.26. The number of aromatic nitrogens is 3. The van der Waals surface area contributed by atoms with Crippen LogP contribution in [0.4, 0.5) is 0 Å². The van der Waals surface area contributed by atoms with Gasteiger partial charge in [-0.25, -0.2) is 4.68 Å². The van der Waals surface area contributed by atoms with E-state index in [1.165, 1.54) is 44.6 Å². The van der Waals surface area contributed by atoms with Gasteiger partial charge in [0, 0.05) is 49.4 Å². The Labute approximate surface area is 160 Å². The Hall–Kier alpha value is -2.50. The van der Waals surface area contributed by atoms with E-state index in [9.17, 15) is 0 Å². The molecule has 4 heterocycles. The quantitative estimate of drug-likeness (QED) is 0.777. The Morgan fingerprint density at radius 3 is 2.78 bits per heavy atom. The summed E-state index contributed by atoms with van der Waals surface area (Å²) >= 11 is 0. The largest absolute Gasteiger partial charge is 0.316 e. The minimum atomic E-state index is 0.490. The first kappa shape index (κ1) is 16.7. The average molecular weight is 359 g/mol. The molecule has 5 heteroatoms. The molecule has 5 nitrogen and oxygen atoms in total. The molecule has 0 bridgehead atoms. The van der Waals surface area contributed by atoms with Crippen LogP contribution in [-0.4, -0.2) is 45.8 Å². The van der Waals surface area contributed by atoms with Gasteiger partial charge in [0.15, 0.2) is 0 Å². The lowest BCUT2D eigenvalue weighted by Crippen LogP contribution is -2.29. The molecular weight excluding hydrogens is 334 g/mol. The predicted molar refractivity (Wildman–Crippen MR) is 107 cm³/mol. The second-order valence-electron chi connectivity index (χ2n) is 7.91. The topological polar surface area (TPSA) is 46.0 Å². The normalized spacial score (nSPS) is 22.7. The molecule has 3 aromatic rings. The number of benzene rings is 1. The fourth-order valence-electron chi connectivity index (χ4n) is 4.53. The fraction of sp³-hybridized carbons (Fsp3) is 0.364. The van der Waals surface area contributed by atoms with Gasteiger partial charge >= 0.3 is 0 Å². The van der Waals surface area contributed by atoms with Crippen molar-refractivity contribution in [3.63, 3.8) is 0 Å². The SMILES string of the molecule is c1ccc(-n2cc(CN3CCC4(CCNC4)C3)c(-c3cccnc3)n2)cc1. The van der Waals surface area contributed by atoms with Gasteiger partial charge in [0.2, 0.25) is 0 Å². The maximum Gasteiger partial charge on any atom is 0.0988 e. The van der Waals surface area contributed by atoms with E-state index >= 15 is 0 Å². The molecule has 138 valence electrons. The third-order valence-corrected chi connectivity index (χ3v) is 5.99. The Morgan fingerprint density at radius 1 is 1.07 bits per heavy atom. The summed E-state index contributed by atoms with van der Waals surface area (Å²) in [5.41, 5.74) is 4.97. The van der Waals surface area contributed by atoms with E-state index in [1.807, 2.05) is 29.2 Å². The van der Waals surface area contributed by atoms with E-state index in [-0.39, 0.29) is 0 Å². The van der Waals surface area contributed by atoms with Crippen molar-refractivity contribution in [1.82, 2.24) is 25.0 Å². The van der Waals surface area contributed by atoms with Gasteiger partial charge in [0.1, 0.15) is 0 Å². The Balaban J connectivity index is 1.46. The van der Waals surface area contributed by atoms with E-state index < -0.39 is 0 Å². The summed E-state index contributed by atoms with van der Waals surface area (Å²) < 4.78 is 2.00. The van der Waals surface area contributed by atoms with Crippen LogP contribution in [-0.2, 0) is 6.54 Å². The van der Waals surface area contributed by atoms with Crippen molar-refractivity contribution in [3.8, 4) is 16.9 Å². The molecule has 1 aromatic carbocycles. The number of nitrogens with zero attached hydrogens (tertiary/aromatic N) is 4. The van der Waals surface area contributed by atoms with Gasteiger partial charge in [0.25, 0.3) is 0 Å². The lowest BCUT2D eigenvalue weighted by Gasteiger charge is -2.22. The highest BCUT2D eigenvalue weighted by molar-refractivity contribution is 5.62. The minimum Gasteiger partial charge on any atom is -0.316 e. The first-order valence-electron chi connectivity index (χ1n) is 9.79. The number of hydrogen-bond donors (Lipinski definition) is 1. The molecule has 2 fully saturated rings. The molecular formula is C22H25N5. The third kappa shape index (κ3) is 3.29. The van der Waals surface area contributed by atoms with Gasteiger partial charge in [-0.15, -0.1) is 0 Å². The second kappa shape index (κ2) is 6.91. The van der Waals surface area contributed by atoms with Gasteiger partial charge in [-0.1, -0.05) is 18.2 Å². The molecule has 0 saturated carbocycles. The van der Waals surface area contributed by atoms with Crippen LogP contribution in [0.5, 0.6) is 0 Å². The van der Waals surface area contributed by atoms with Crippen LogP contribution < -0.4 is 5.32 Å². The zero-order valence-electron chi connectivity index (χ0n) is 15.5. The molecule has 2 aliphatic heterocycles. The van der Waals surface area contributed by atoms with Gasteiger partial charge < -0.3 is 5.32 Å². The molecule has 2 aliphatic rings. The average Bonchev–Trinajstić information content (AvgIpc) is 3.45. The summed E-state index contributed by atoms with van der Waals surface area (Å²) in [6.45, 7) is 5.63. The Morgan fingerprint density at radius 2 is 2.00 bits per heavy atom. The number of likely N-dealkylation sites (tertiary alicyclic amines) is 1. The van der Waals surface area contributed by atoms with Gasteiger partial charge in [-0.2, -0.15) is 5.10 Å². The lowest BCUT2D eigenvalue weighted by atomic mass is 9.86. The maximum atomic E-state index is 4.92. The fourth-order valence-corrected chi connectivity index (χ4v) is 4.53. The highest BCUT2D eigenvalue weighted by Crippen LogP contribution is 2.37. The standard InChI is InChI=1S/C22H25N5/c1-2-6-20(7-3-1)27-15-19(21(25-27)18-5-4-10-23-13-18)14-26-12-9-22(17-26)8-11-24-16-22/h1-7,10,13,15,24H,8-9,11-12,14,16-17H2. The van der Waals surface area contributed by atoms with E-state index in [1.54, 1.807) is 0 Å². The summed E-state index contributed by atoms with van der Waals surface area (Å²) in [7, 11) is 0. The number of nitrogens with one attached hydrogen (secondary N) is 1. The van der Waals surface area contributed by atoms with E-state index in [4.69, 9.17) is 5.10 Å². The van der Waals surface area contributed by atoms with Crippen LogP contribution in [0.2, 0.25) is 0 Å². The number of rotatable bonds is 4. The summed E-state index contributed by atoms with van der Waals surface area (Å²) in [5, 5.41) is 8.47. The minimum absolute atomic E-state index is 0.490. The van der Waals surface area contributed by atoms with E-state index in [0.29, 0.717) is 5.41 Å². The number of para-hydroxylation sites is 1. The summed E-state index contributed by atoms with van der Waals surface area (Å²) in [6, 6.07) is 14.4. The molecule has 1 unspecified atom stereocenters. The van der Waals surface area contributed by atoms with Crippen LogP contribution in [0.25, 0.3) is 16.9 Å². The van der Waals surface area contributed by atoms with Gasteiger partial charge in [-0.3, -0.25) is 9.88 Å². The van der Waals surface area contributed by atoms with Crippen molar-refractivity contribution in [2.24, 2.45) is 5.41 Å². The molecule has 1 spiro atoms. The van der Waals surface area contributed by atoms with Crippen molar-refractivity contribution in [3.05, 3.63) is 66.6 Å². The lowest BCUT2D eigenvalue weighted by molar-refractivity contribution is 0.269. The van der Waals surface area contributed by atoms with E-state index in [0.717, 1.165) is 23.5 Å². The van der Waals surface area contributed by atoms with Crippen molar-refractivity contribution < 1.29 is 0 Å². The molecule has 0 aliphatic carbocycles. The first-order valence-corrected chi connectivity index (χ1v) is 9.79. The van der Waals surface area contributed by atoms with Crippen LogP contribution in [0.3, 0.4) is 0 Å². The molecule has 27 heavy (non-hydrogen) atoms. The van der Waals surface area contributed by atoms with Crippen molar-refractivity contribution in [1.29, 1.82) is 0 Å². The van der Waals surface area contributed by atoms with Gasteiger partial charge in [0.05, 0.1) is 11.4 Å². The number of pyridine rings is 1.